The standard InChI is InChI=1S/C34H63NO3/c1-3-5-7-8-9-10-11-12-13-14-15-16-17-18-19-20-21-22-23-24-25-26-27-28-29-33(37)32(31-36)35-34(38)30-6-4-2/h20-21,24-25,28-29,32-33,36-37H,3-19,22-23,26-27,30-31H2,1-2H3,(H,35,38)/b21-20+,25-24+,29-28+. The van der Waals surface area contributed by atoms with Crippen LogP contribution < -0.4 is 5.32 Å². The predicted octanol–water partition coefficient (Wildman–Crippen LogP) is 9.12. The first-order valence-corrected chi connectivity index (χ1v) is 16.2. The molecule has 0 radical (unpaired) electrons. The van der Waals surface area contributed by atoms with Gasteiger partial charge in [-0.2, -0.15) is 0 Å². The topological polar surface area (TPSA) is 69.6 Å². The molecule has 0 aliphatic carbocycles. The molecule has 0 rings (SSSR count). The fourth-order valence-electron chi connectivity index (χ4n) is 4.54. The molecule has 0 aromatic rings. The maximum atomic E-state index is 11.8. The summed E-state index contributed by atoms with van der Waals surface area (Å²) in [6, 6.07) is -0.637. The van der Waals surface area contributed by atoms with Crippen LogP contribution in [0.5, 0.6) is 0 Å². The second-order valence-electron chi connectivity index (χ2n) is 10.9. The van der Waals surface area contributed by atoms with E-state index in [1.807, 2.05) is 13.0 Å². The number of aliphatic hydroxyl groups is 2. The van der Waals surface area contributed by atoms with Crippen LogP contribution in [0.2, 0.25) is 0 Å². The van der Waals surface area contributed by atoms with E-state index in [4.69, 9.17) is 0 Å². The zero-order valence-corrected chi connectivity index (χ0v) is 25.2. The molecule has 38 heavy (non-hydrogen) atoms. The van der Waals surface area contributed by atoms with Gasteiger partial charge in [0.25, 0.3) is 0 Å². The second-order valence-corrected chi connectivity index (χ2v) is 10.9. The smallest absolute Gasteiger partial charge is 0.220 e. The normalized spacial score (nSPS) is 13.7. The second kappa shape index (κ2) is 30.2. The SMILES string of the molecule is CCCCCCCCCCCCCCCC/C=C/CC/C=C/CC/C=C/C(O)C(CO)NC(=O)CCCC. The van der Waals surface area contributed by atoms with Crippen LogP contribution in [-0.4, -0.2) is 34.9 Å². The molecule has 0 bridgehead atoms. The molecule has 0 aromatic heterocycles. The van der Waals surface area contributed by atoms with Gasteiger partial charge in [0.05, 0.1) is 18.8 Å². The van der Waals surface area contributed by atoms with Crippen LogP contribution in [0.25, 0.3) is 0 Å². The van der Waals surface area contributed by atoms with Crippen molar-refractivity contribution in [3.05, 3.63) is 36.5 Å². The Morgan fingerprint density at radius 1 is 0.605 bits per heavy atom. The summed E-state index contributed by atoms with van der Waals surface area (Å²) in [4.78, 5) is 11.8. The Balaban J connectivity index is 3.53. The Kier molecular flexibility index (Phi) is 29.1. The lowest BCUT2D eigenvalue weighted by atomic mass is 10.0. The van der Waals surface area contributed by atoms with Crippen molar-refractivity contribution in [3.8, 4) is 0 Å². The van der Waals surface area contributed by atoms with Gasteiger partial charge in [-0.05, 0) is 44.9 Å². The first-order valence-electron chi connectivity index (χ1n) is 16.2. The molecule has 2 atom stereocenters. The number of carbonyl (C=O) groups is 1. The number of rotatable bonds is 28. The molecular weight excluding hydrogens is 470 g/mol. The van der Waals surface area contributed by atoms with Crippen LogP contribution in [0.4, 0.5) is 0 Å². The van der Waals surface area contributed by atoms with Crippen LogP contribution in [0, 0.1) is 0 Å². The van der Waals surface area contributed by atoms with E-state index < -0.39 is 12.1 Å². The average molecular weight is 534 g/mol. The van der Waals surface area contributed by atoms with Crippen LogP contribution in [0.3, 0.4) is 0 Å². The highest BCUT2D eigenvalue weighted by molar-refractivity contribution is 5.76. The lowest BCUT2D eigenvalue weighted by molar-refractivity contribution is -0.123. The Labute approximate surface area is 236 Å². The minimum atomic E-state index is -0.862. The zero-order chi connectivity index (χ0) is 27.9. The molecule has 1 amide bonds. The van der Waals surface area contributed by atoms with Crippen molar-refractivity contribution in [2.45, 2.75) is 167 Å². The zero-order valence-electron chi connectivity index (χ0n) is 25.2. The molecule has 4 nitrogen and oxygen atoms in total. The van der Waals surface area contributed by atoms with Gasteiger partial charge >= 0.3 is 0 Å². The first-order chi connectivity index (χ1) is 18.7. The summed E-state index contributed by atoms with van der Waals surface area (Å²) < 4.78 is 0. The van der Waals surface area contributed by atoms with Crippen molar-refractivity contribution in [3.63, 3.8) is 0 Å². The van der Waals surface area contributed by atoms with Gasteiger partial charge in [0.2, 0.25) is 5.91 Å². The molecule has 3 N–H and O–H groups in total. The van der Waals surface area contributed by atoms with Gasteiger partial charge in [0.15, 0.2) is 0 Å². The highest BCUT2D eigenvalue weighted by Crippen LogP contribution is 2.13. The van der Waals surface area contributed by atoms with Crippen molar-refractivity contribution in [2.24, 2.45) is 0 Å². The Hall–Kier alpha value is -1.39. The molecule has 0 saturated carbocycles. The van der Waals surface area contributed by atoms with E-state index in [2.05, 4.69) is 36.5 Å². The van der Waals surface area contributed by atoms with Gasteiger partial charge < -0.3 is 15.5 Å². The Bertz CT molecular complexity index is 584. The maximum absolute atomic E-state index is 11.8. The van der Waals surface area contributed by atoms with Crippen molar-refractivity contribution < 1.29 is 15.0 Å². The van der Waals surface area contributed by atoms with E-state index in [1.54, 1.807) is 6.08 Å². The minimum Gasteiger partial charge on any atom is -0.394 e. The van der Waals surface area contributed by atoms with Gasteiger partial charge in [-0.1, -0.05) is 140 Å². The highest BCUT2D eigenvalue weighted by atomic mass is 16.3. The van der Waals surface area contributed by atoms with Crippen LogP contribution in [0.1, 0.15) is 155 Å². The largest absolute Gasteiger partial charge is 0.394 e. The number of nitrogens with one attached hydrogen (secondary N) is 1. The molecule has 4 heteroatoms. The van der Waals surface area contributed by atoms with Gasteiger partial charge in [-0.15, -0.1) is 0 Å². The lowest BCUT2D eigenvalue weighted by Crippen LogP contribution is -2.45. The lowest BCUT2D eigenvalue weighted by Gasteiger charge is -2.19. The van der Waals surface area contributed by atoms with Crippen LogP contribution >= 0.6 is 0 Å². The van der Waals surface area contributed by atoms with E-state index in [0.29, 0.717) is 6.42 Å². The van der Waals surface area contributed by atoms with Gasteiger partial charge in [-0.25, -0.2) is 0 Å². The molecule has 0 aliphatic rings. The van der Waals surface area contributed by atoms with Crippen molar-refractivity contribution >= 4 is 5.91 Å². The molecular formula is C34H63NO3. The van der Waals surface area contributed by atoms with E-state index in [9.17, 15) is 15.0 Å². The molecule has 0 spiro atoms. The number of amides is 1. The third-order valence-corrected chi connectivity index (χ3v) is 7.10. The number of unbranched alkanes of at least 4 members (excludes halogenated alkanes) is 17. The highest BCUT2D eigenvalue weighted by Gasteiger charge is 2.17. The summed E-state index contributed by atoms with van der Waals surface area (Å²) in [5, 5.41) is 22.3. The number of aliphatic hydroxyl groups excluding tert-OH is 2. The summed E-state index contributed by atoms with van der Waals surface area (Å²) >= 11 is 0. The van der Waals surface area contributed by atoms with E-state index >= 15 is 0 Å². The molecule has 0 aromatic carbocycles. The number of hydrogen-bond donors (Lipinski definition) is 3. The van der Waals surface area contributed by atoms with Crippen molar-refractivity contribution in [2.75, 3.05) is 6.61 Å². The van der Waals surface area contributed by atoms with Crippen molar-refractivity contribution in [1.82, 2.24) is 5.32 Å². The summed E-state index contributed by atoms with van der Waals surface area (Å²) in [7, 11) is 0. The van der Waals surface area contributed by atoms with E-state index in [1.165, 1.54) is 96.3 Å². The summed E-state index contributed by atoms with van der Waals surface area (Å²) in [6.45, 7) is 4.05. The molecule has 0 heterocycles. The Morgan fingerprint density at radius 3 is 1.50 bits per heavy atom. The van der Waals surface area contributed by atoms with Gasteiger partial charge in [-0.3, -0.25) is 4.79 Å². The average Bonchev–Trinajstić information content (AvgIpc) is 2.92. The van der Waals surface area contributed by atoms with E-state index in [0.717, 1.165) is 38.5 Å². The summed E-state index contributed by atoms with van der Waals surface area (Å²) in [5.74, 6) is -0.116. The molecule has 0 aliphatic heterocycles. The molecule has 2 unspecified atom stereocenters. The summed E-state index contributed by atoms with van der Waals surface area (Å²) in [5.41, 5.74) is 0. The molecule has 0 fully saturated rings. The van der Waals surface area contributed by atoms with E-state index in [-0.39, 0.29) is 12.5 Å². The number of allylic oxidation sites excluding steroid dienone is 5. The summed E-state index contributed by atoms with van der Waals surface area (Å²) in [6.07, 6.45) is 38.9. The first kappa shape index (κ1) is 36.6. The number of carbonyl (C=O) groups excluding carboxylic acids is 1. The fourth-order valence-corrected chi connectivity index (χ4v) is 4.54. The molecule has 222 valence electrons. The molecule has 0 saturated heterocycles. The monoisotopic (exact) mass is 533 g/mol. The maximum Gasteiger partial charge on any atom is 0.220 e. The quantitative estimate of drug-likeness (QED) is 0.0693. The minimum absolute atomic E-state index is 0.116. The third-order valence-electron chi connectivity index (χ3n) is 7.10. The Morgan fingerprint density at radius 2 is 1.03 bits per heavy atom. The fraction of sp³-hybridized carbons (Fsp3) is 0.794. The number of hydrogen-bond acceptors (Lipinski definition) is 3. The van der Waals surface area contributed by atoms with Gasteiger partial charge in [0, 0.05) is 6.42 Å². The third kappa shape index (κ3) is 26.2. The van der Waals surface area contributed by atoms with Crippen LogP contribution in [-0.2, 0) is 4.79 Å². The van der Waals surface area contributed by atoms with Crippen molar-refractivity contribution in [1.29, 1.82) is 0 Å². The van der Waals surface area contributed by atoms with Crippen LogP contribution in [0.15, 0.2) is 36.5 Å². The predicted molar refractivity (Wildman–Crippen MR) is 165 cm³/mol. The van der Waals surface area contributed by atoms with Gasteiger partial charge in [0.1, 0.15) is 0 Å².